The maximum absolute atomic E-state index is 12.9. The summed E-state index contributed by atoms with van der Waals surface area (Å²) in [6, 6.07) is 15.7. The summed E-state index contributed by atoms with van der Waals surface area (Å²) in [5.74, 6) is 6.92. The van der Waals surface area contributed by atoms with Crippen molar-refractivity contribution in [2.24, 2.45) is 5.84 Å². The quantitative estimate of drug-likeness (QED) is 0.390. The lowest BCUT2D eigenvalue weighted by Crippen LogP contribution is -2.46. The minimum atomic E-state index is -0.224. The van der Waals surface area contributed by atoms with Gasteiger partial charge in [0.05, 0.1) is 13.7 Å². The zero-order valence-electron chi connectivity index (χ0n) is 17.1. The van der Waals surface area contributed by atoms with E-state index in [0.29, 0.717) is 19.5 Å². The molecule has 5 heteroatoms. The second kappa shape index (κ2) is 10.5. The highest BCUT2D eigenvalue weighted by Crippen LogP contribution is 2.18. The molecule has 0 radical (unpaired) electrons. The van der Waals surface area contributed by atoms with Crippen LogP contribution in [-0.2, 0) is 13.0 Å². The molecule has 5 nitrogen and oxygen atoms in total. The third-order valence-electron chi connectivity index (χ3n) is 4.62. The fourth-order valence-corrected chi connectivity index (χ4v) is 2.98. The van der Waals surface area contributed by atoms with Gasteiger partial charge in [-0.05, 0) is 49.4 Å². The standard InChI is InChI=1S/C23H31N3O2/c1-5-15-25(19(3)11-14-20-7-6-8-22(16-20)28-4)23(27)26(24)17-21-12-9-18(2)10-13-21/h6-10,12-13,16H,3,5,11,14-15,17,24H2,1-2,4H3. The zero-order valence-corrected chi connectivity index (χ0v) is 17.1. The molecule has 2 N–H and O–H groups in total. The summed E-state index contributed by atoms with van der Waals surface area (Å²) in [7, 11) is 1.66. The van der Waals surface area contributed by atoms with E-state index in [9.17, 15) is 4.79 Å². The third-order valence-corrected chi connectivity index (χ3v) is 4.62. The molecule has 0 heterocycles. The van der Waals surface area contributed by atoms with Crippen LogP contribution < -0.4 is 10.6 Å². The molecule has 150 valence electrons. The highest BCUT2D eigenvalue weighted by Gasteiger charge is 2.20. The normalized spacial score (nSPS) is 10.4. The van der Waals surface area contributed by atoms with Crippen molar-refractivity contribution in [1.29, 1.82) is 0 Å². The van der Waals surface area contributed by atoms with E-state index in [1.807, 2.05) is 56.3 Å². The maximum Gasteiger partial charge on any atom is 0.338 e. The lowest BCUT2D eigenvalue weighted by Gasteiger charge is -2.29. The van der Waals surface area contributed by atoms with Crippen molar-refractivity contribution >= 4 is 6.03 Å². The average molecular weight is 382 g/mol. The van der Waals surface area contributed by atoms with Gasteiger partial charge in [0, 0.05) is 12.2 Å². The minimum Gasteiger partial charge on any atom is -0.497 e. The van der Waals surface area contributed by atoms with Crippen LogP contribution in [0.25, 0.3) is 0 Å². The fraction of sp³-hybridized carbons (Fsp3) is 0.348. The Bertz CT molecular complexity index is 787. The number of nitrogens with two attached hydrogens (primary N) is 1. The lowest BCUT2D eigenvalue weighted by molar-refractivity contribution is 0.162. The van der Waals surface area contributed by atoms with Crippen molar-refractivity contribution in [3.05, 3.63) is 77.5 Å². The first-order chi connectivity index (χ1) is 13.4. The highest BCUT2D eigenvalue weighted by molar-refractivity contribution is 5.75. The van der Waals surface area contributed by atoms with Gasteiger partial charge in [-0.3, -0.25) is 9.91 Å². The largest absolute Gasteiger partial charge is 0.497 e. The van der Waals surface area contributed by atoms with Crippen LogP contribution in [0.1, 0.15) is 36.5 Å². The van der Waals surface area contributed by atoms with E-state index < -0.39 is 0 Å². The predicted molar refractivity (Wildman–Crippen MR) is 114 cm³/mol. The number of hydrogen-bond donors (Lipinski definition) is 1. The van der Waals surface area contributed by atoms with E-state index in [0.717, 1.165) is 35.4 Å². The number of methoxy groups -OCH3 is 1. The summed E-state index contributed by atoms with van der Waals surface area (Å²) in [6.45, 7) is 9.17. The number of allylic oxidation sites excluding steroid dienone is 1. The number of amides is 2. The van der Waals surface area contributed by atoms with E-state index in [-0.39, 0.29) is 6.03 Å². The van der Waals surface area contributed by atoms with E-state index in [1.165, 1.54) is 10.6 Å². The van der Waals surface area contributed by atoms with Crippen molar-refractivity contribution in [3.63, 3.8) is 0 Å². The molecule has 28 heavy (non-hydrogen) atoms. The first-order valence-corrected chi connectivity index (χ1v) is 9.64. The van der Waals surface area contributed by atoms with Gasteiger partial charge in [0.1, 0.15) is 5.75 Å². The summed E-state index contributed by atoms with van der Waals surface area (Å²) < 4.78 is 5.27. The first kappa shape index (κ1) is 21.5. The van der Waals surface area contributed by atoms with Gasteiger partial charge in [-0.15, -0.1) is 0 Å². The number of urea groups is 1. The molecule has 0 aliphatic heterocycles. The van der Waals surface area contributed by atoms with Crippen LogP contribution in [-0.4, -0.2) is 29.6 Å². The van der Waals surface area contributed by atoms with E-state index in [2.05, 4.69) is 12.6 Å². The fourth-order valence-electron chi connectivity index (χ4n) is 2.98. The van der Waals surface area contributed by atoms with Gasteiger partial charge in [-0.1, -0.05) is 55.5 Å². The Morgan fingerprint density at radius 3 is 2.50 bits per heavy atom. The Balaban J connectivity index is 1.99. The Morgan fingerprint density at radius 2 is 1.86 bits per heavy atom. The molecule has 0 aromatic heterocycles. The number of hydrazine groups is 1. The Kier molecular flexibility index (Phi) is 8.08. The van der Waals surface area contributed by atoms with Gasteiger partial charge in [0.15, 0.2) is 0 Å². The van der Waals surface area contributed by atoms with Gasteiger partial charge in [-0.25, -0.2) is 10.6 Å². The molecule has 0 aliphatic rings. The van der Waals surface area contributed by atoms with E-state index >= 15 is 0 Å². The van der Waals surface area contributed by atoms with Crippen molar-refractivity contribution < 1.29 is 9.53 Å². The second-order valence-corrected chi connectivity index (χ2v) is 6.97. The molecule has 0 saturated heterocycles. The van der Waals surface area contributed by atoms with Crippen molar-refractivity contribution in [3.8, 4) is 5.75 Å². The number of ether oxygens (including phenoxy) is 1. The van der Waals surface area contributed by atoms with Gasteiger partial charge >= 0.3 is 6.03 Å². The number of aryl methyl sites for hydroxylation is 2. The SMILES string of the molecule is C=C(CCc1cccc(OC)c1)N(CCC)C(=O)N(N)Cc1ccc(C)cc1. The molecule has 2 aromatic rings. The van der Waals surface area contributed by atoms with Crippen molar-refractivity contribution in [2.45, 2.75) is 39.7 Å². The first-order valence-electron chi connectivity index (χ1n) is 9.64. The summed E-state index contributed by atoms with van der Waals surface area (Å²) in [6.07, 6.45) is 2.30. The lowest BCUT2D eigenvalue weighted by atomic mass is 10.1. The maximum atomic E-state index is 12.9. The van der Waals surface area contributed by atoms with Crippen LogP contribution in [0, 0.1) is 6.92 Å². The zero-order chi connectivity index (χ0) is 20.5. The van der Waals surface area contributed by atoms with Gasteiger partial charge in [-0.2, -0.15) is 0 Å². The molecule has 0 aliphatic carbocycles. The van der Waals surface area contributed by atoms with E-state index in [4.69, 9.17) is 10.6 Å². The highest BCUT2D eigenvalue weighted by atomic mass is 16.5. The predicted octanol–water partition coefficient (Wildman–Crippen LogP) is 4.66. The smallest absolute Gasteiger partial charge is 0.338 e. The van der Waals surface area contributed by atoms with Gasteiger partial charge in [0.2, 0.25) is 0 Å². The molecule has 2 aromatic carbocycles. The number of benzene rings is 2. The number of carbonyl (C=O) groups is 1. The topological polar surface area (TPSA) is 58.8 Å². The van der Waals surface area contributed by atoms with Crippen LogP contribution in [0.5, 0.6) is 5.75 Å². The molecular weight excluding hydrogens is 350 g/mol. The Hall–Kier alpha value is -2.79. The molecular formula is C23H31N3O2. The molecule has 0 bridgehead atoms. The molecule has 0 atom stereocenters. The number of hydrogen-bond acceptors (Lipinski definition) is 3. The monoisotopic (exact) mass is 381 g/mol. The average Bonchev–Trinajstić information content (AvgIpc) is 2.71. The van der Waals surface area contributed by atoms with Crippen LogP contribution in [0.2, 0.25) is 0 Å². The minimum absolute atomic E-state index is 0.224. The molecule has 2 rings (SSSR count). The van der Waals surface area contributed by atoms with Crippen molar-refractivity contribution in [2.75, 3.05) is 13.7 Å². The van der Waals surface area contributed by atoms with Crippen LogP contribution in [0.3, 0.4) is 0 Å². The Labute approximate surface area is 168 Å². The van der Waals surface area contributed by atoms with Crippen molar-refractivity contribution in [1.82, 2.24) is 9.91 Å². The van der Waals surface area contributed by atoms with Gasteiger partial charge < -0.3 is 4.74 Å². The van der Waals surface area contributed by atoms with Gasteiger partial charge in [0.25, 0.3) is 0 Å². The summed E-state index contributed by atoms with van der Waals surface area (Å²) in [5, 5.41) is 1.26. The number of nitrogens with zero attached hydrogens (tertiary/aromatic N) is 2. The second-order valence-electron chi connectivity index (χ2n) is 6.97. The molecule has 0 saturated carbocycles. The molecule has 0 fully saturated rings. The molecule has 0 spiro atoms. The van der Waals surface area contributed by atoms with Crippen LogP contribution in [0.4, 0.5) is 4.79 Å². The van der Waals surface area contributed by atoms with Crippen LogP contribution in [0.15, 0.2) is 60.8 Å². The third kappa shape index (κ3) is 6.13. The summed E-state index contributed by atoms with van der Waals surface area (Å²) >= 11 is 0. The summed E-state index contributed by atoms with van der Waals surface area (Å²) in [5.41, 5.74) is 4.10. The van der Waals surface area contributed by atoms with E-state index in [1.54, 1.807) is 12.0 Å². The number of rotatable bonds is 9. The Morgan fingerprint density at radius 1 is 1.14 bits per heavy atom. The number of carbonyl (C=O) groups excluding carboxylic acids is 1. The molecule has 0 unspecified atom stereocenters. The molecule has 2 amide bonds. The van der Waals surface area contributed by atoms with Crippen LogP contribution >= 0.6 is 0 Å². The summed E-state index contributed by atoms with van der Waals surface area (Å²) in [4.78, 5) is 14.6.